The molecule has 0 saturated carbocycles. The number of rotatable bonds is 7. The third-order valence-corrected chi connectivity index (χ3v) is 3.32. The summed E-state index contributed by atoms with van der Waals surface area (Å²) in [4.78, 5) is 12.7. The van der Waals surface area contributed by atoms with E-state index in [0.29, 0.717) is 24.4 Å². The van der Waals surface area contributed by atoms with Crippen molar-refractivity contribution in [2.45, 2.75) is 46.7 Å². The van der Waals surface area contributed by atoms with E-state index in [1.54, 1.807) is 6.07 Å². The minimum Gasteiger partial charge on any atom is -0.492 e. The van der Waals surface area contributed by atoms with E-state index in [1.165, 1.54) is 12.1 Å². The van der Waals surface area contributed by atoms with Gasteiger partial charge in [-0.15, -0.1) is 0 Å². The first-order valence-corrected chi connectivity index (χ1v) is 6.96. The summed E-state index contributed by atoms with van der Waals surface area (Å²) in [7, 11) is 0. The largest absolute Gasteiger partial charge is 0.492 e. The lowest BCUT2D eigenvalue weighted by Gasteiger charge is -2.30. The van der Waals surface area contributed by atoms with E-state index >= 15 is 0 Å². The molecule has 0 heterocycles. The number of nitro benzene ring substituents is 1. The Morgan fingerprint density at radius 2 is 1.85 bits per heavy atom. The van der Waals surface area contributed by atoms with Crippen LogP contribution >= 0.6 is 0 Å². The number of hydrogen-bond donors (Lipinski definition) is 0. The van der Waals surface area contributed by atoms with Crippen molar-refractivity contribution in [3.8, 4) is 5.75 Å². The SMILES string of the molecule is Cc1ccc([N+](=O)[O-])cc1OCCN(C(C)C)C(C)C. The number of ether oxygens (including phenoxy) is 1. The number of nitro groups is 1. The summed E-state index contributed by atoms with van der Waals surface area (Å²) in [5, 5.41) is 10.8. The summed E-state index contributed by atoms with van der Waals surface area (Å²) in [5.74, 6) is 0.590. The molecule has 0 N–H and O–H groups in total. The van der Waals surface area contributed by atoms with E-state index in [0.717, 1.165) is 12.1 Å². The van der Waals surface area contributed by atoms with Crippen LogP contribution in [-0.4, -0.2) is 35.1 Å². The van der Waals surface area contributed by atoms with Crippen LogP contribution in [0.4, 0.5) is 5.69 Å². The maximum atomic E-state index is 10.8. The molecule has 0 aliphatic heterocycles. The first-order chi connectivity index (χ1) is 9.32. The second kappa shape index (κ2) is 7.24. The Hall–Kier alpha value is -1.62. The lowest BCUT2D eigenvalue weighted by atomic mass is 10.2. The summed E-state index contributed by atoms with van der Waals surface area (Å²) < 4.78 is 5.71. The molecular formula is C15H24N2O3. The van der Waals surface area contributed by atoms with Gasteiger partial charge in [-0.25, -0.2) is 0 Å². The van der Waals surface area contributed by atoms with Gasteiger partial charge in [0, 0.05) is 24.7 Å². The highest BCUT2D eigenvalue weighted by Gasteiger charge is 2.14. The third-order valence-electron chi connectivity index (χ3n) is 3.32. The molecule has 0 aromatic heterocycles. The van der Waals surface area contributed by atoms with Gasteiger partial charge >= 0.3 is 0 Å². The van der Waals surface area contributed by atoms with Crippen LogP contribution < -0.4 is 4.74 Å². The van der Waals surface area contributed by atoms with Crippen LogP contribution in [0.1, 0.15) is 33.3 Å². The molecule has 0 fully saturated rings. The van der Waals surface area contributed by atoms with Crippen molar-refractivity contribution in [3.63, 3.8) is 0 Å². The highest BCUT2D eigenvalue weighted by molar-refractivity contribution is 5.43. The first kappa shape index (κ1) is 16.4. The number of aryl methyl sites for hydroxylation is 1. The van der Waals surface area contributed by atoms with Crippen molar-refractivity contribution in [1.82, 2.24) is 4.90 Å². The van der Waals surface area contributed by atoms with E-state index in [9.17, 15) is 10.1 Å². The zero-order valence-corrected chi connectivity index (χ0v) is 12.9. The number of non-ortho nitro benzene ring substituents is 1. The Balaban J connectivity index is 2.65. The fraction of sp³-hybridized carbons (Fsp3) is 0.600. The van der Waals surface area contributed by atoms with Gasteiger partial charge in [-0.2, -0.15) is 0 Å². The zero-order chi connectivity index (χ0) is 15.3. The standard InChI is InChI=1S/C15H24N2O3/c1-11(2)16(12(3)4)8-9-20-15-10-14(17(18)19)7-6-13(15)5/h6-7,10-12H,8-9H2,1-5H3. The molecule has 0 bridgehead atoms. The van der Waals surface area contributed by atoms with Crippen LogP contribution in [0, 0.1) is 17.0 Å². The smallest absolute Gasteiger partial charge is 0.273 e. The molecule has 1 aromatic rings. The van der Waals surface area contributed by atoms with Gasteiger partial charge < -0.3 is 4.74 Å². The molecule has 0 aliphatic carbocycles. The van der Waals surface area contributed by atoms with Gasteiger partial charge in [0.15, 0.2) is 0 Å². The van der Waals surface area contributed by atoms with Crippen molar-refractivity contribution < 1.29 is 9.66 Å². The highest BCUT2D eigenvalue weighted by atomic mass is 16.6. The summed E-state index contributed by atoms with van der Waals surface area (Å²) in [6, 6.07) is 5.60. The molecule has 0 atom stereocenters. The van der Waals surface area contributed by atoms with Crippen molar-refractivity contribution in [3.05, 3.63) is 33.9 Å². The molecule has 0 radical (unpaired) electrons. The Morgan fingerprint density at radius 3 is 2.35 bits per heavy atom. The fourth-order valence-corrected chi connectivity index (χ4v) is 2.23. The molecule has 5 nitrogen and oxygen atoms in total. The van der Waals surface area contributed by atoms with Crippen LogP contribution in [0.25, 0.3) is 0 Å². The molecule has 112 valence electrons. The van der Waals surface area contributed by atoms with Gasteiger partial charge in [0.25, 0.3) is 5.69 Å². The van der Waals surface area contributed by atoms with Crippen molar-refractivity contribution in [2.24, 2.45) is 0 Å². The molecule has 0 amide bonds. The zero-order valence-electron chi connectivity index (χ0n) is 12.9. The minimum absolute atomic E-state index is 0.0650. The number of benzene rings is 1. The van der Waals surface area contributed by atoms with Crippen molar-refractivity contribution in [2.75, 3.05) is 13.2 Å². The van der Waals surface area contributed by atoms with Gasteiger partial charge in [0.05, 0.1) is 11.0 Å². The van der Waals surface area contributed by atoms with E-state index < -0.39 is 4.92 Å². The molecule has 0 saturated heterocycles. The molecule has 0 unspecified atom stereocenters. The van der Waals surface area contributed by atoms with Crippen LogP contribution in [0.5, 0.6) is 5.75 Å². The molecular weight excluding hydrogens is 256 g/mol. The average Bonchev–Trinajstić information content (AvgIpc) is 2.35. The molecule has 0 aliphatic rings. The lowest BCUT2D eigenvalue weighted by Crippen LogP contribution is -2.39. The van der Waals surface area contributed by atoms with E-state index in [-0.39, 0.29) is 5.69 Å². The lowest BCUT2D eigenvalue weighted by molar-refractivity contribution is -0.384. The topological polar surface area (TPSA) is 55.6 Å². The van der Waals surface area contributed by atoms with Gasteiger partial charge in [0.2, 0.25) is 0 Å². The van der Waals surface area contributed by atoms with E-state index in [2.05, 4.69) is 32.6 Å². The quantitative estimate of drug-likeness (QED) is 0.567. The molecule has 5 heteroatoms. The summed E-state index contributed by atoms with van der Waals surface area (Å²) in [6.45, 7) is 11.8. The normalized spacial score (nSPS) is 11.4. The second-order valence-corrected chi connectivity index (χ2v) is 5.48. The average molecular weight is 280 g/mol. The maximum Gasteiger partial charge on any atom is 0.273 e. The summed E-state index contributed by atoms with van der Waals surface area (Å²) in [5.41, 5.74) is 0.978. The Labute approximate surface area is 120 Å². The molecule has 0 spiro atoms. The molecule has 1 rings (SSSR count). The minimum atomic E-state index is -0.402. The number of hydrogen-bond acceptors (Lipinski definition) is 4. The van der Waals surface area contributed by atoms with Crippen LogP contribution in [0.15, 0.2) is 18.2 Å². The monoisotopic (exact) mass is 280 g/mol. The third kappa shape index (κ3) is 4.49. The Morgan fingerprint density at radius 1 is 1.25 bits per heavy atom. The van der Waals surface area contributed by atoms with E-state index in [1.807, 2.05) is 6.92 Å². The van der Waals surface area contributed by atoms with Crippen molar-refractivity contribution in [1.29, 1.82) is 0 Å². The Kier molecular flexibility index (Phi) is 5.95. The van der Waals surface area contributed by atoms with Gasteiger partial charge in [-0.3, -0.25) is 15.0 Å². The van der Waals surface area contributed by atoms with Gasteiger partial charge in [-0.05, 0) is 46.2 Å². The fourth-order valence-electron chi connectivity index (χ4n) is 2.23. The maximum absolute atomic E-state index is 10.8. The summed E-state index contributed by atoms with van der Waals surface area (Å²) in [6.07, 6.45) is 0. The molecule has 1 aromatic carbocycles. The van der Waals surface area contributed by atoms with Crippen molar-refractivity contribution >= 4 is 5.69 Å². The van der Waals surface area contributed by atoms with Crippen LogP contribution in [-0.2, 0) is 0 Å². The van der Waals surface area contributed by atoms with Crippen LogP contribution in [0.2, 0.25) is 0 Å². The second-order valence-electron chi connectivity index (χ2n) is 5.48. The van der Waals surface area contributed by atoms with Crippen LogP contribution in [0.3, 0.4) is 0 Å². The van der Waals surface area contributed by atoms with E-state index in [4.69, 9.17) is 4.74 Å². The van der Waals surface area contributed by atoms with Gasteiger partial charge in [-0.1, -0.05) is 0 Å². The highest BCUT2D eigenvalue weighted by Crippen LogP contribution is 2.24. The first-order valence-electron chi connectivity index (χ1n) is 6.96. The predicted octanol–water partition coefficient (Wildman–Crippen LogP) is 3.40. The molecule has 20 heavy (non-hydrogen) atoms. The summed E-state index contributed by atoms with van der Waals surface area (Å²) >= 11 is 0. The Bertz CT molecular complexity index is 450. The van der Waals surface area contributed by atoms with Gasteiger partial charge in [0.1, 0.15) is 12.4 Å². The number of nitrogens with zero attached hydrogens (tertiary/aromatic N) is 2. The predicted molar refractivity (Wildman–Crippen MR) is 80.3 cm³/mol.